The maximum absolute atomic E-state index is 12.5. The fraction of sp³-hybridized carbons (Fsp3) is 0.182. The van der Waals surface area contributed by atoms with Crippen LogP contribution in [0.1, 0.15) is 41.5 Å². The van der Waals surface area contributed by atoms with Crippen LogP contribution in [0, 0.1) is 0 Å². The number of aromatic nitrogens is 2. The Balaban J connectivity index is 1.72. The van der Waals surface area contributed by atoms with E-state index in [2.05, 4.69) is 20.8 Å². The van der Waals surface area contributed by atoms with Gasteiger partial charge in [-0.2, -0.15) is 5.10 Å². The Hall–Kier alpha value is -3.74. The van der Waals surface area contributed by atoms with E-state index < -0.39 is 0 Å². The van der Waals surface area contributed by atoms with Gasteiger partial charge in [-0.15, -0.1) is 0 Å². The van der Waals surface area contributed by atoms with Crippen LogP contribution in [0.25, 0.3) is 11.3 Å². The smallest absolute Gasteiger partial charge is 0.264 e. The van der Waals surface area contributed by atoms with Gasteiger partial charge in [0.05, 0.1) is 5.69 Å². The number of nitrogens with one attached hydrogen (secondary N) is 3. The second-order valence-electron chi connectivity index (χ2n) is 7.62. The molecule has 3 N–H and O–H groups in total. The third kappa shape index (κ3) is 5.38. The van der Waals surface area contributed by atoms with E-state index in [0.29, 0.717) is 22.5 Å². The molecule has 3 rings (SSSR count). The molecule has 1 aromatic heterocycles. The first-order valence-electron chi connectivity index (χ1n) is 9.11. The van der Waals surface area contributed by atoms with Crippen molar-refractivity contribution in [2.75, 3.05) is 5.32 Å². The lowest BCUT2D eigenvalue weighted by atomic mass is 10.1. The van der Waals surface area contributed by atoms with Crippen molar-refractivity contribution in [2.45, 2.75) is 26.3 Å². The van der Waals surface area contributed by atoms with Crippen LogP contribution in [0.2, 0.25) is 0 Å². The second kappa shape index (κ2) is 8.10. The molecule has 7 nitrogen and oxygen atoms in total. The largest absolute Gasteiger partial charge is 0.347 e. The molecule has 0 radical (unpaired) electrons. The number of anilines is 1. The van der Waals surface area contributed by atoms with Crippen molar-refractivity contribution in [3.05, 3.63) is 82.1 Å². The van der Waals surface area contributed by atoms with E-state index in [0.717, 1.165) is 5.56 Å². The lowest BCUT2D eigenvalue weighted by Crippen LogP contribution is -2.40. The van der Waals surface area contributed by atoms with Gasteiger partial charge in [0.1, 0.15) is 0 Å². The molecule has 2 aromatic carbocycles. The van der Waals surface area contributed by atoms with Gasteiger partial charge in [-0.1, -0.05) is 12.1 Å². The fourth-order valence-electron chi connectivity index (χ4n) is 2.65. The Morgan fingerprint density at radius 2 is 1.55 bits per heavy atom. The number of rotatable bonds is 4. The molecule has 0 unspecified atom stereocenters. The Bertz CT molecular complexity index is 1080. The van der Waals surface area contributed by atoms with Gasteiger partial charge in [-0.05, 0) is 63.2 Å². The molecule has 0 bridgehead atoms. The molecule has 0 fully saturated rings. The summed E-state index contributed by atoms with van der Waals surface area (Å²) >= 11 is 0. The first kappa shape index (κ1) is 20.0. The van der Waals surface area contributed by atoms with Crippen LogP contribution in [-0.2, 0) is 0 Å². The average molecular weight is 390 g/mol. The van der Waals surface area contributed by atoms with Crippen molar-refractivity contribution >= 4 is 17.5 Å². The lowest BCUT2D eigenvalue weighted by molar-refractivity contribution is 0.0918. The Morgan fingerprint density at radius 3 is 2.14 bits per heavy atom. The highest BCUT2D eigenvalue weighted by Crippen LogP contribution is 2.20. The summed E-state index contributed by atoms with van der Waals surface area (Å²) in [6, 6.07) is 16.6. The van der Waals surface area contributed by atoms with Gasteiger partial charge in [0.25, 0.3) is 17.4 Å². The third-order valence-electron chi connectivity index (χ3n) is 3.99. The summed E-state index contributed by atoms with van der Waals surface area (Å²) in [4.78, 5) is 35.9. The van der Waals surface area contributed by atoms with Gasteiger partial charge >= 0.3 is 0 Å². The van der Waals surface area contributed by atoms with Crippen molar-refractivity contribution in [2.24, 2.45) is 0 Å². The minimum absolute atomic E-state index is 0.189. The molecule has 3 aromatic rings. The molecular weight excluding hydrogens is 368 g/mol. The van der Waals surface area contributed by atoms with Crippen LogP contribution >= 0.6 is 0 Å². The number of aromatic amines is 1. The number of hydrogen-bond acceptors (Lipinski definition) is 4. The molecule has 0 atom stereocenters. The molecular formula is C22H22N4O3. The summed E-state index contributed by atoms with van der Waals surface area (Å²) in [5, 5.41) is 12.1. The molecule has 0 aliphatic carbocycles. The van der Waals surface area contributed by atoms with E-state index in [9.17, 15) is 14.4 Å². The van der Waals surface area contributed by atoms with E-state index in [1.54, 1.807) is 48.5 Å². The molecule has 0 saturated carbocycles. The van der Waals surface area contributed by atoms with Crippen molar-refractivity contribution in [3.63, 3.8) is 0 Å². The number of nitrogens with zero attached hydrogens (tertiary/aromatic N) is 1. The molecule has 2 amide bonds. The first-order chi connectivity index (χ1) is 13.7. The van der Waals surface area contributed by atoms with Crippen molar-refractivity contribution in [1.82, 2.24) is 15.5 Å². The maximum atomic E-state index is 12.5. The summed E-state index contributed by atoms with van der Waals surface area (Å²) < 4.78 is 0. The van der Waals surface area contributed by atoms with Gasteiger partial charge in [0, 0.05) is 34.0 Å². The fourth-order valence-corrected chi connectivity index (χ4v) is 2.65. The van der Waals surface area contributed by atoms with Crippen molar-refractivity contribution in [1.29, 1.82) is 0 Å². The maximum Gasteiger partial charge on any atom is 0.264 e. The SMILES string of the molecule is CC(C)(C)NC(=O)c1ccc(C(=O)Nc2cccc(-c3ccc(=O)[nH]n3)c2)cc1. The Labute approximate surface area is 168 Å². The van der Waals surface area contributed by atoms with E-state index in [-0.39, 0.29) is 22.9 Å². The summed E-state index contributed by atoms with van der Waals surface area (Å²) in [5.41, 5.74) is 2.25. The summed E-state index contributed by atoms with van der Waals surface area (Å²) in [6.45, 7) is 5.72. The van der Waals surface area contributed by atoms with Crippen LogP contribution in [0.15, 0.2) is 65.5 Å². The predicted octanol–water partition coefficient (Wildman–Crippen LogP) is 3.22. The normalized spacial score (nSPS) is 11.0. The molecule has 29 heavy (non-hydrogen) atoms. The standard InChI is InChI=1S/C22H22N4O3/c1-22(2,3)24-21(29)15-9-7-14(8-10-15)20(28)23-17-6-4-5-16(13-17)18-11-12-19(27)26-25-18/h4-13H,1-3H3,(H,23,28)(H,24,29)(H,26,27). The first-order valence-corrected chi connectivity index (χ1v) is 9.11. The molecule has 0 saturated heterocycles. The minimum Gasteiger partial charge on any atom is -0.347 e. The van der Waals surface area contributed by atoms with Gasteiger partial charge in [0.2, 0.25) is 0 Å². The van der Waals surface area contributed by atoms with E-state index in [1.165, 1.54) is 6.07 Å². The van der Waals surface area contributed by atoms with Crippen LogP contribution in [-0.4, -0.2) is 27.6 Å². The van der Waals surface area contributed by atoms with Crippen molar-refractivity contribution < 1.29 is 9.59 Å². The number of carbonyl (C=O) groups excluding carboxylic acids is 2. The molecule has 0 aliphatic heterocycles. The van der Waals surface area contributed by atoms with Gasteiger partial charge in [-0.25, -0.2) is 5.10 Å². The summed E-state index contributed by atoms with van der Waals surface area (Å²) in [7, 11) is 0. The number of benzene rings is 2. The third-order valence-corrected chi connectivity index (χ3v) is 3.99. The number of hydrogen-bond donors (Lipinski definition) is 3. The second-order valence-corrected chi connectivity index (χ2v) is 7.62. The zero-order valence-electron chi connectivity index (χ0n) is 16.4. The van der Waals surface area contributed by atoms with Crippen LogP contribution in [0.4, 0.5) is 5.69 Å². The molecule has 7 heteroatoms. The molecule has 1 heterocycles. The zero-order valence-corrected chi connectivity index (χ0v) is 16.4. The van der Waals surface area contributed by atoms with Crippen LogP contribution in [0.3, 0.4) is 0 Å². The number of H-pyrrole nitrogens is 1. The molecule has 0 aliphatic rings. The lowest BCUT2D eigenvalue weighted by Gasteiger charge is -2.20. The number of amides is 2. The predicted molar refractivity (Wildman–Crippen MR) is 112 cm³/mol. The van der Waals surface area contributed by atoms with Gasteiger partial charge in [0.15, 0.2) is 0 Å². The van der Waals surface area contributed by atoms with E-state index in [1.807, 2.05) is 26.8 Å². The highest BCUT2D eigenvalue weighted by atomic mass is 16.2. The monoisotopic (exact) mass is 390 g/mol. The zero-order chi connectivity index (χ0) is 21.0. The molecule has 148 valence electrons. The topological polar surface area (TPSA) is 104 Å². The Kier molecular flexibility index (Phi) is 5.59. The van der Waals surface area contributed by atoms with Crippen LogP contribution in [0.5, 0.6) is 0 Å². The highest BCUT2D eigenvalue weighted by molar-refractivity contribution is 6.05. The molecule has 0 spiro atoms. The summed E-state index contributed by atoms with van der Waals surface area (Å²) in [6.07, 6.45) is 0. The van der Waals surface area contributed by atoms with Gasteiger partial charge in [-0.3, -0.25) is 14.4 Å². The minimum atomic E-state index is -0.335. The quantitative estimate of drug-likeness (QED) is 0.636. The highest BCUT2D eigenvalue weighted by Gasteiger charge is 2.16. The average Bonchev–Trinajstić information content (AvgIpc) is 2.67. The van der Waals surface area contributed by atoms with E-state index in [4.69, 9.17) is 0 Å². The van der Waals surface area contributed by atoms with Gasteiger partial charge < -0.3 is 10.6 Å². The summed E-state index contributed by atoms with van der Waals surface area (Å²) in [5.74, 6) is -0.482. The van der Waals surface area contributed by atoms with E-state index >= 15 is 0 Å². The van der Waals surface area contributed by atoms with Crippen LogP contribution < -0.4 is 16.2 Å². The van der Waals surface area contributed by atoms with Crippen molar-refractivity contribution in [3.8, 4) is 11.3 Å². The number of carbonyl (C=O) groups is 2. The Morgan fingerprint density at radius 1 is 0.897 bits per heavy atom.